The molecule has 0 bridgehead atoms. The SMILES string of the molecule is CCC=P(N)(N(C)C)N(C)C. The van der Waals surface area contributed by atoms with Crippen molar-refractivity contribution in [3.63, 3.8) is 0 Å². The molecule has 0 radical (unpaired) electrons. The van der Waals surface area contributed by atoms with Crippen molar-refractivity contribution < 1.29 is 0 Å². The summed E-state index contributed by atoms with van der Waals surface area (Å²) in [7, 11) is 6.54. The average molecular weight is 177 g/mol. The lowest BCUT2D eigenvalue weighted by Gasteiger charge is -2.34. The van der Waals surface area contributed by atoms with Gasteiger partial charge in [0, 0.05) is 0 Å². The van der Waals surface area contributed by atoms with Crippen molar-refractivity contribution in [1.82, 2.24) is 9.34 Å². The minimum Gasteiger partial charge on any atom is -0.288 e. The van der Waals surface area contributed by atoms with Gasteiger partial charge in [-0.3, -0.25) is 14.8 Å². The molecule has 0 saturated carbocycles. The van der Waals surface area contributed by atoms with Crippen LogP contribution in [0.4, 0.5) is 0 Å². The first-order valence-corrected chi connectivity index (χ1v) is 5.65. The van der Waals surface area contributed by atoms with Crippen LogP contribution in [-0.4, -0.2) is 43.3 Å². The molecule has 0 aromatic heterocycles. The Morgan fingerprint density at radius 2 is 1.55 bits per heavy atom. The van der Waals surface area contributed by atoms with Gasteiger partial charge in [-0.05, 0) is 40.4 Å². The first-order valence-electron chi connectivity index (χ1n) is 3.82. The Morgan fingerprint density at radius 3 is 1.64 bits per heavy atom. The minimum absolute atomic E-state index is 1.03. The van der Waals surface area contributed by atoms with Crippen LogP contribution in [0.5, 0.6) is 0 Å². The summed E-state index contributed by atoms with van der Waals surface area (Å²) in [5, 5.41) is 0. The maximum absolute atomic E-state index is 6.20. The maximum atomic E-state index is 6.20. The molecule has 0 amide bonds. The Labute approximate surface area is 70.3 Å². The van der Waals surface area contributed by atoms with Crippen LogP contribution in [0.15, 0.2) is 0 Å². The zero-order valence-electron chi connectivity index (χ0n) is 8.20. The first kappa shape index (κ1) is 11.2. The highest BCUT2D eigenvalue weighted by Crippen LogP contribution is 2.41. The predicted molar refractivity (Wildman–Crippen MR) is 54.8 cm³/mol. The molecule has 0 aliphatic rings. The van der Waals surface area contributed by atoms with E-state index in [0.717, 1.165) is 6.42 Å². The second-order valence-electron chi connectivity index (χ2n) is 2.99. The van der Waals surface area contributed by atoms with E-state index in [4.69, 9.17) is 5.50 Å². The van der Waals surface area contributed by atoms with Crippen molar-refractivity contribution in [3.8, 4) is 0 Å². The van der Waals surface area contributed by atoms with Crippen LogP contribution in [0.2, 0.25) is 0 Å². The van der Waals surface area contributed by atoms with E-state index < -0.39 is 7.34 Å². The van der Waals surface area contributed by atoms with Crippen molar-refractivity contribution >= 4 is 13.1 Å². The largest absolute Gasteiger partial charge is 0.288 e. The molecular formula is C7H20N3P. The molecule has 11 heavy (non-hydrogen) atoms. The average Bonchev–Trinajstić information content (AvgIpc) is 1.87. The summed E-state index contributed by atoms with van der Waals surface area (Å²) in [4.78, 5) is 0. The van der Waals surface area contributed by atoms with Gasteiger partial charge in [0.05, 0.1) is 7.34 Å². The van der Waals surface area contributed by atoms with Gasteiger partial charge in [0.25, 0.3) is 0 Å². The molecule has 0 rings (SSSR count). The first-order chi connectivity index (χ1) is 4.95. The summed E-state index contributed by atoms with van der Waals surface area (Å²) in [5.74, 6) is 2.20. The number of nitrogens with zero attached hydrogens (tertiary/aromatic N) is 2. The van der Waals surface area contributed by atoms with E-state index in [0.29, 0.717) is 0 Å². The molecule has 0 aromatic carbocycles. The molecule has 68 valence electrons. The fourth-order valence-electron chi connectivity index (χ4n) is 0.953. The van der Waals surface area contributed by atoms with Crippen molar-refractivity contribution in [3.05, 3.63) is 0 Å². The van der Waals surface area contributed by atoms with E-state index in [-0.39, 0.29) is 0 Å². The summed E-state index contributed by atoms with van der Waals surface area (Å²) in [6.07, 6.45) is 1.03. The number of hydrogen-bond donors (Lipinski definition) is 1. The lowest BCUT2D eigenvalue weighted by Crippen LogP contribution is -2.28. The Balaban J connectivity index is 4.67. The molecule has 4 heteroatoms. The van der Waals surface area contributed by atoms with E-state index in [1.165, 1.54) is 0 Å². The quantitative estimate of drug-likeness (QED) is 0.654. The van der Waals surface area contributed by atoms with Crippen molar-refractivity contribution in [2.45, 2.75) is 13.3 Å². The summed E-state index contributed by atoms with van der Waals surface area (Å²) in [5.41, 5.74) is 6.20. The molecule has 0 saturated heterocycles. The van der Waals surface area contributed by atoms with Gasteiger partial charge in [-0.2, -0.15) is 0 Å². The van der Waals surface area contributed by atoms with E-state index in [1.807, 2.05) is 28.2 Å². The van der Waals surface area contributed by atoms with Crippen molar-refractivity contribution in [1.29, 1.82) is 0 Å². The van der Waals surface area contributed by atoms with E-state index in [9.17, 15) is 0 Å². The third-order valence-electron chi connectivity index (χ3n) is 1.73. The van der Waals surface area contributed by atoms with Gasteiger partial charge in [-0.25, -0.2) is 0 Å². The van der Waals surface area contributed by atoms with Crippen LogP contribution < -0.4 is 5.50 Å². The van der Waals surface area contributed by atoms with E-state index in [2.05, 4.69) is 22.1 Å². The summed E-state index contributed by atoms with van der Waals surface area (Å²) in [6.45, 7) is 2.12. The third-order valence-corrected chi connectivity index (χ3v) is 5.20. The smallest absolute Gasteiger partial charge is 0.0712 e. The van der Waals surface area contributed by atoms with Crippen LogP contribution in [0.1, 0.15) is 13.3 Å². The standard InChI is InChI=1S/C7H20N3P/c1-6-7-11(8,9(2)3)10(4)5/h7H,6,8H2,1-5H3. The van der Waals surface area contributed by atoms with E-state index >= 15 is 0 Å². The Kier molecular flexibility index (Phi) is 4.34. The molecule has 0 spiro atoms. The number of hydrogen-bond acceptors (Lipinski definition) is 3. The van der Waals surface area contributed by atoms with Gasteiger partial charge < -0.3 is 0 Å². The highest BCUT2D eigenvalue weighted by Gasteiger charge is 2.15. The zero-order valence-corrected chi connectivity index (χ0v) is 9.10. The highest BCUT2D eigenvalue weighted by molar-refractivity contribution is 7.68. The second-order valence-corrected chi connectivity index (χ2v) is 6.35. The molecule has 0 fully saturated rings. The van der Waals surface area contributed by atoms with Crippen LogP contribution in [0, 0.1) is 0 Å². The normalized spacial score (nSPS) is 12.7. The lowest BCUT2D eigenvalue weighted by atomic mass is 10.6. The Hall–Kier alpha value is 0.180. The molecule has 0 aliphatic carbocycles. The van der Waals surface area contributed by atoms with Gasteiger partial charge in [0.2, 0.25) is 0 Å². The third kappa shape index (κ3) is 2.60. The molecule has 0 heterocycles. The molecular weight excluding hydrogens is 157 g/mol. The minimum atomic E-state index is -1.57. The number of nitrogens with two attached hydrogens (primary N) is 1. The van der Waals surface area contributed by atoms with Crippen LogP contribution in [0.25, 0.3) is 0 Å². The highest BCUT2D eigenvalue weighted by atomic mass is 31.2. The summed E-state index contributed by atoms with van der Waals surface area (Å²) in [6, 6.07) is 0. The Bertz CT molecular complexity index is 151. The lowest BCUT2D eigenvalue weighted by molar-refractivity contribution is 0.569. The van der Waals surface area contributed by atoms with Gasteiger partial charge in [-0.15, -0.1) is 0 Å². The Morgan fingerprint density at radius 1 is 1.18 bits per heavy atom. The summed E-state index contributed by atoms with van der Waals surface area (Å²) >= 11 is 0. The summed E-state index contributed by atoms with van der Waals surface area (Å²) < 4.78 is 4.22. The topological polar surface area (TPSA) is 32.5 Å². The van der Waals surface area contributed by atoms with Crippen LogP contribution in [0.3, 0.4) is 0 Å². The van der Waals surface area contributed by atoms with Gasteiger partial charge in [-0.1, -0.05) is 6.92 Å². The monoisotopic (exact) mass is 177 g/mol. The predicted octanol–water partition coefficient (Wildman–Crippen LogP) is 1.04. The van der Waals surface area contributed by atoms with Gasteiger partial charge >= 0.3 is 0 Å². The van der Waals surface area contributed by atoms with Crippen molar-refractivity contribution in [2.75, 3.05) is 28.2 Å². The van der Waals surface area contributed by atoms with Crippen LogP contribution >= 0.6 is 7.34 Å². The van der Waals surface area contributed by atoms with Gasteiger partial charge in [0.1, 0.15) is 0 Å². The number of rotatable bonds is 3. The molecule has 0 aliphatic heterocycles. The maximum Gasteiger partial charge on any atom is 0.0712 e. The van der Waals surface area contributed by atoms with Crippen molar-refractivity contribution in [2.24, 2.45) is 5.50 Å². The van der Waals surface area contributed by atoms with E-state index in [1.54, 1.807) is 0 Å². The fourth-order valence-corrected chi connectivity index (χ4v) is 2.86. The molecule has 0 unspecified atom stereocenters. The van der Waals surface area contributed by atoms with Gasteiger partial charge in [0.15, 0.2) is 0 Å². The molecule has 0 aromatic rings. The zero-order chi connectivity index (χ0) is 9.07. The fraction of sp³-hybridized carbons (Fsp3) is 0.857. The molecule has 0 atom stereocenters. The second kappa shape index (κ2) is 4.27. The van der Waals surface area contributed by atoms with Crippen LogP contribution in [-0.2, 0) is 0 Å². The molecule has 2 N–H and O–H groups in total. The molecule has 3 nitrogen and oxygen atoms in total.